The molecule has 18 heavy (non-hydrogen) atoms. The van der Waals surface area contributed by atoms with Gasteiger partial charge in [-0.1, -0.05) is 12.2 Å². The largest absolute Gasteiger partial charge is 0.389 e. The van der Waals surface area contributed by atoms with Crippen LogP contribution in [0.4, 0.5) is 10.1 Å². The van der Waals surface area contributed by atoms with Gasteiger partial charge >= 0.3 is 0 Å². The highest BCUT2D eigenvalue weighted by Gasteiger charge is 2.05. The first kappa shape index (κ1) is 13.0. The van der Waals surface area contributed by atoms with Gasteiger partial charge in [-0.05, 0) is 37.3 Å². The first-order valence-corrected chi connectivity index (χ1v) is 6.67. The van der Waals surface area contributed by atoms with Gasteiger partial charge in [0.2, 0.25) is 0 Å². The van der Waals surface area contributed by atoms with Crippen LogP contribution in [-0.2, 0) is 6.54 Å². The van der Waals surface area contributed by atoms with Gasteiger partial charge in [0.05, 0.1) is 5.69 Å². The Morgan fingerprint density at radius 2 is 2.17 bits per heavy atom. The van der Waals surface area contributed by atoms with Crippen molar-refractivity contribution in [2.75, 3.05) is 5.32 Å². The second-order valence-corrected chi connectivity index (χ2v) is 5.74. The molecule has 0 radical (unpaired) electrons. The Hall–Kier alpha value is -1.46. The monoisotopic (exact) mass is 280 g/mol. The lowest BCUT2D eigenvalue weighted by Gasteiger charge is -2.07. The van der Waals surface area contributed by atoms with Crippen molar-refractivity contribution in [3.63, 3.8) is 0 Å². The van der Waals surface area contributed by atoms with Gasteiger partial charge in [-0.2, -0.15) is 0 Å². The summed E-state index contributed by atoms with van der Waals surface area (Å²) in [4.78, 5) is 2.62. The molecule has 0 unspecified atom stereocenters. The van der Waals surface area contributed by atoms with E-state index in [1.165, 1.54) is 15.8 Å². The van der Waals surface area contributed by atoms with E-state index in [9.17, 15) is 4.39 Å². The maximum absolute atomic E-state index is 13.7. The summed E-state index contributed by atoms with van der Waals surface area (Å²) >= 11 is 6.50. The fourth-order valence-electron chi connectivity index (χ4n) is 1.57. The molecule has 2 nitrogen and oxygen atoms in total. The molecular formula is C13H13FN2S2. The average Bonchev–Trinajstić information content (AvgIpc) is 2.73. The Bertz CT molecular complexity index is 578. The SMILES string of the molecule is Cc1ccc(CNc2ccc(C(N)=S)cc2F)s1. The summed E-state index contributed by atoms with van der Waals surface area (Å²) in [6, 6.07) is 8.81. The third-order valence-corrected chi connectivity index (χ3v) is 3.74. The zero-order valence-electron chi connectivity index (χ0n) is 9.87. The van der Waals surface area contributed by atoms with Crippen molar-refractivity contribution < 1.29 is 4.39 Å². The lowest BCUT2D eigenvalue weighted by atomic mass is 10.2. The van der Waals surface area contributed by atoms with Crippen LogP contribution in [0.3, 0.4) is 0 Å². The predicted octanol–water partition coefficient (Wildman–Crippen LogP) is 3.44. The summed E-state index contributed by atoms with van der Waals surface area (Å²) in [7, 11) is 0. The Balaban J connectivity index is 2.08. The van der Waals surface area contributed by atoms with Crippen LogP contribution in [0.15, 0.2) is 30.3 Å². The van der Waals surface area contributed by atoms with Crippen LogP contribution in [-0.4, -0.2) is 4.99 Å². The van der Waals surface area contributed by atoms with Crippen LogP contribution >= 0.6 is 23.6 Å². The third kappa shape index (κ3) is 3.05. The van der Waals surface area contributed by atoms with E-state index in [-0.39, 0.29) is 10.8 Å². The van der Waals surface area contributed by atoms with E-state index in [0.29, 0.717) is 17.8 Å². The van der Waals surface area contributed by atoms with Crippen LogP contribution in [0, 0.1) is 12.7 Å². The van der Waals surface area contributed by atoms with Gasteiger partial charge in [-0.3, -0.25) is 0 Å². The van der Waals surface area contributed by atoms with Gasteiger partial charge < -0.3 is 11.1 Å². The number of benzene rings is 1. The van der Waals surface area contributed by atoms with Crippen molar-refractivity contribution >= 4 is 34.2 Å². The average molecular weight is 280 g/mol. The van der Waals surface area contributed by atoms with Crippen LogP contribution in [0.1, 0.15) is 15.3 Å². The van der Waals surface area contributed by atoms with Crippen LogP contribution < -0.4 is 11.1 Å². The van der Waals surface area contributed by atoms with Gasteiger partial charge in [0, 0.05) is 21.9 Å². The summed E-state index contributed by atoms with van der Waals surface area (Å²) in [6.45, 7) is 2.66. The number of hydrogen-bond acceptors (Lipinski definition) is 3. The minimum Gasteiger partial charge on any atom is -0.389 e. The molecule has 0 fully saturated rings. The van der Waals surface area contributed by atoms with Crippen molar-refractivity contribution in [3.8, 4) is 0 Å². The molecule has 2 rings (SSSR count). The van der Waals surface area contributed by atoms with Crippen molar-refractivity contribution in [2.24, 2.45) is 5.73 Å². The zero-order valence-corrected chi connectivity index (χ0v) is 11.5. The molecule has 0 bridgehead atoms. The maximum Gasteiger partial charge on any atom is 0.146 e. The highest BCUT2D eigenvalue weighted by Crippen LogP contribution is 2.19. The van der Waals surface area contributed by atoms with Crippen molar-refractivity contribution in [2.45, 2.75) is 13.5 Å². The second kappa shape index (κ2) is 5.46. The molecular weight excluding hydrogens is 267 g/mol. The number of rotatable bonds is 4. The van der Waals surface area contributed by atoms with Crippen molar-refractivity contribution in [1.29, 1.82) is 0 Å². The Morgan fingerprint density at radius 3 is 2.72 bits per heavy atom. The van der Waals surface area contributed by atoms with E-state index in [1.807, 2.05) is 19.1 Å². The van der Waals surface area contributed by atoms with E-state index in [0.717, 1.165) is 0 Å². The number of thiocarbonyl (C=S) groups is 1. The van der Waals surface area contributed by atoms with E-state index in [1.54, 1.807) is 23.5 Å². The first-order chi connectivity index (χ1) is 8.56. The Labute approximate surface area is 115 Å². The fraction of sp³-hybridized carbons (Fsp3) is 0.154. The number of nitrogens with two attached hydrogens (primary N) is 1. The zero-order chi connectivity index (χ0) is 13.1. The molecule has 0 aliphatic carbocycles. The third-order valence-electron chi connectivity index (χ3n) is 2.50. The number of halogens is 1. The molecule has 0 aliphatic rings. The molecule has 1 aromatic heterocycles. The Kier molecular flexibility index (Phi) is 3.93. The molecule has 0 amide bonds. The maximum atomic E-state index is 13.7. The normalized spacial score (nSPS) is 10.3. The van der Waals surface area contributed by atoms with E-state index < -0.39 is 0 Å². The molecule has 0 aliphatic heterocycles. The molecule has 2 aromatic rings. The highest BCUT2D eigenvalue weighted by molar-refractivity contribution is 7.80. The topological polar surface area (TPSA) is 38.0 Å². The molecule has 3 N–H and O–H groups in total. The summed E-state index contributed by atoms with van der Waals surface area (Å²) < 4.78 is 13.7. The number of thiophene rings is 1. The lowest BCUT2D eigenvalue weighted by molar-refractivity contribution is 0.630. The molecule has 0 saturated carbocycles. The lowest BCUT2D eigenvalue weighted by Crippen LogP contribution is -2.10. The van der Waals surface area contributed by atoms with Crippen molar-refractivity contribution in [1.82, 2.24) is 0 Å². The molecule has 1 heterocycles. The summed E-state index contributed by atoms with van der Waals surface area (Å²) in [5, 5.41) is 3.06. The van der Waals surface area contributed by atoms with E-state index in [4.69, 9.17) is 18.0 Å². The molecule has 0 spiro atoms. The van der Waals surface area contributed by atoms with Gasteiger partial charge in [-0.15, -0.1) is 11.3 Å². The van der Waals surface area contributed by atoms with Gasteiger partial charge in [-0.25, -0.2) is 4.39 Å². The van der Waals surface area contributed by atoms with Gasteiger partial charge in [0.15, 0.2) is 0 Å². The van der Waals surface area contributed by atoms with Crippen LogP contribution in [0.25, 0.3) is 0 Å². The molecule has 94 valence electrons. The molecule has 1 aromatic carbocycles. The predicted molar refractivity (Wildman–Crippen MR) is 78.7 cm³/mol. The molecule has 0 saturated heterocycles. The Morgan fingerprint density at radius 1 is 1.39 bits per heavy atom. The summed E-state index contributed by atoms with van der Waals surface area (Å²) in [5.41, 5.74) is 6.45. The van der Waals surface area contributed by atoms with Crippen LogP contribution in [0.5, 0.6) is 0 Å². The second-order valence-electron chi connectivity index (χ2n) is 3.92. The van der Waals surface area contributed by atoms with E-state index >= 15 is 0 Å². The number of nitrogens with one attached hydrogen (secondary N) is 1. The van der Waals surface area contributed by atoms with Gasteiger partial charge in [0.25, 0.3) is 0 Å². The number of anilines is 1. The summed E-state index contributed by atoms with van der Waals surface area (Å²) in [5.74, 6) is -0.339. The smallest absolute Gasteiger partial charge is 0.146 e. The number of aryl methyl sites for hydroxylation is 1. The standard InChI is InChI=1S/C13H13FN2S2/c1-8-2-4-10(18-8)7-16-12-5-3-9(13(15)17)6-11(12)14/h2-6,16H,7H2,1H3,(H2,15,17). The minimum absolute atomic E-state index is 0.203. The van der Waals surface area contributed by atoms with Crippen LogP contribution in [0.2, 0.25) is 0 Å². The molecule has 0 atom stereocenters. The number of hydrogen-bond donors (Lipinski definition) is 2. The molecule has 5 heteroatoms. The first-order valence-electron chi connectivity index (χ1n) is 5.45. The van der Waals surface area contributed by atoms with Crippen molar-refractivity contribution in [3.05, 3.63) is 51.5 Å². The summed E-state index contributed by atoms with van der Waals surface area (Å²) in [6.07, 6.45) is 0. The minimum atomic E-state index is -0.339. The quantitative estimate of drug-likeness (QED) is 0.843. The highest BCUT2D eigenvalue weighted by atomic mass is 32.1. The van der Waals surface area contributed by atoms with Gasteiger partial charge in [0.1, 0.15) is 10.8 Å². The fourth-order valence-corrected chi connectivity index (χ4v) is 2.53. The van der Waals surface area contributed by atoms with E-state index in [2.05, 4.69) is 5.32 Å².